The van der Waals surface area contributed by atoms with Crippen LogP contribution in [0, 0.1) is 0 Å². The second-order valence-corrected chi connectivity index (χ2v) is 27.0. The third-order valence-corrected chi connectivity index (χ3v) is 18.5. The van der Waals surface area contributed by atoms with Crippen molar-refractivity contribution < 1.29 is 91.5 Å². The molecule has 1 amide bonds. The molecule has 0 saturated carbocycles. The fraction of sp³-hybridized carbons (Fsp3) is 0.256. The van der Waals surface area contributed by atoms with Gasteiger partial charge in [-0.3, -0.25) is 25.0 Å². The molecule has 7 aromatic carbocycles. The smallest absolute Gasteiger partial charge is 0.321 e. The number of nitrogens with one attached hydrogen (secondary N) is 3. The number of unbranched alkanes of at least 4 members (excludes halogenated alkanes) is 4. The predicted molar refractivity (Wildman–Crippen MR) is 404 cm³/mol. The summed E-state index contributed by atoms with van der Waals surface area (Å²) in [7, 11) is -4.65. The molecule has 10 N–H and O–H groups in total. The van der Waals surface area contributed by atoms with Crippen LogP contribution >= 0.6 is 0 Å². The first kappa shape index (κ1) is 78.3. The first-order valence-corrected chi connectivity index (χ1v) is 37.0. The summed E-state index contributed by atoms with van der Waals surface area (Å²) in [5, 5.41) is 62.5. The molecule has 27 heteroatoms. The summed E-state index contributed by atoms with van der Waals surface area (Å²) in [6.07, 6.45) is 6.68. The van der Waals surface area contributed by atoms with Gasteiger partial charge >= 0.3 is 11.9 Å². The van der Waals surface area contributed by atoms with Crippen LogP contribution in [-0.4, -0.2) is 142 Å². The summed E-state index contributed by atoms with van der Waals surface area (Å²) in [5.41, 5.74) is 10.7. The lowest BCUT2D eigenvalue weighted by atomic mass is 10.0. The highest BCUT2D eigenvalue weighted by Gasteiger charge is 2.24. The summed E-state index contributed by atoms with van der Waals surface area (Å²) < 4.78 is 74.4. The van der Waals surface area contributed by atoms with Crippen molar-refractivity contribution in [2.45, 2.75) is 100 Å². The van der Waals surface area contributed by atoms with Gasteiger partial charge in [-0.25, -0.2) is 23.4 Å². The van der Waals surface area contributed by atoms with Crippen molar-refractivity contribution >= 4 is 40.0 Å². The van der Waals surface area contributed by atoms with E-state index in [2.05, 4.69) is 26.0 Å². The number of aliphatic hydroxyl groups excluding tert-OH is 2. The Hall–Kier alpha value is -11.8. The first-order valence-electron chi connectivity index (χ1n) is 35.6. The Labute approximate surface area is 630 Å². The third kappa shape index (κ3) is 23.8. The van der Waals surface area contributed by atoms with Gasteiger partial charge in [-0.1, -0.05) is 120 Å². The minimum Gasteiger partial charge on any atom is -0.744 e. The number of fused-ring (bicyclic) bond motifs is 2. The number of rotatable bonds is 38. The Balaban J connectivity index is 0.000000240. The van der Waals surface area contributed by atoms with E-state index in [9.17, 15) is 52.9 Å². The Morgan fingerprint density at radius 1 is 0.532 bits per heavy atom. The van der Waals surface area contributed by atoms with E-state index in [-0.39, 0.29) is 48.5 Å². The number of phenols is 1. The van der Waals surface area contributed by atoms with Gasteiger partial charge in [0.1, 0.15) is 46.2 Å². The monoisotopic (exact) mass is 1500 g/mol. The minimum absolute atomic E-state index is 0.118. The molecular weight excluding hydrogens is 1420 g/mol. The van der Waals surface area contributed by atoms with E-state index in [4.69, 9.17) is 43.1 Å². The maximum Gasteiger partial charge on any atom is 0.321 e. The van der Waals surface area contributed by atoms with Gasteiger partial charge in [-0.05, 0) is 177 Å². The number of ether oxygens (including phenoxy) is 7. The lowest BCUT2D eigenvalue weighted by molar-refractivity contribution is -0.580. The number of aliphatic hydroxyl groups is 2. The van der Waals surface area contributed by atoms with E-state index < -0.39 is 46.6 Å². The van der Waals surface area contributed by atoms with Crippen LogP contribution in [0.2, 0.25) is 0 Å². The molecule has 0 radical (unpaired) electrons. The van der Waals surface area contributed by atoms with Crippen molar-refractivity contribution in [3.05, 3.63) is 235 Å². The number of carboxylic acids is 2. The maximum absolute atomic E-state index is 12.6. The Kier molecular flexibility index (Phi) is 28.1. The van der Waals surface area contributed by atoms with E-state index in [0.29, 0.717) is 111 Å². The first-order chi connectivity index (χ1) is 52.9. The zero-order valence-electron chi connectivity index (χ0n) is 59.4. The Morgan fingerprint density at radius 3 is 1.53 bits per heavy atom. The average molecular weight is 1500 g/mol. The number of phenolic OH excluding ortho intramolecular Hbond substituents is 1. The molecule has 26 nitrogen and oxygen atoms in total. The molecule has 3 aromatic heterocycles. The number of nitrogens with two attached hydrogens (primary N) is 1. The van der Waals surface area contributed by atoms with Crippen LogP contribution in [0.3, 0.4) is 0 Å². The summed E-state index contributed by atoms with van der Waals surface area (Å²) in [4.78, 5) is 49.7. The molecular formula is C82H84N8O18S. The molecule has 12 rings (SSSR count). The molecule has 109 heavy (non-hydrogen) atoms. The van der Waals surface area contributed by atoms with Gasteiger partial charge in [0, 0.05) is 47.6 Å². The number of carboxylic acid groups (broad SMARTS) is 2. The highest BCUT2D eigenvalue weighted by atomic mass is 32.2. The number of aromatic hydroxyl groups is 1. The molecule has 0 aliphatic carbocycles. The maximum atomic E-state index is 12.6. The van der Waals surface area contributed by atoms with Crippen molar-refractivity contribution in [1.82, 2.24) is 30.9 Å². The summed E-state index contributed by atoms with van der Waals surface area (Å²) in [5.74, 6) is 2.52. The number of aromatic nitrogens is 3. The summed E-state index contributed by atoms with van der Waals surface area (Å²) in [6.45, 7) is 1.93. The zero-order chi connectivity index (χ0) is 76.3. The number of pyridine rings is 3. The van der Waals surface area contributed by atoms with Crippen molar-refractivity contribution in [3.8, 4) is 91.0 Å². The SMILES string of the molecule is O=C(NCCCOc1ccc(CC(N[C@H](O)CCCCCOc2cc(-c3ccc4c(c3)OCO4)cc(-c3ccccc3)n2)C(=O)O)cc1)c1ccc([NH2+]/N=C/c2ccccc2S(=O)(=O)[O-])nc1.O=C(O)C(Cc1ccc(O)cc1)N[C@H](O)CCCCCOc1cc(-c2ccc3c(c2)OCO3)cc(-c2ccccc2)n1. The van der Waals surface area contributed by atoms with Crippen LogP contribution in [0.1, 0.15) is 84.8 Å². The summed E-state index contributed by atoms with van der Waals surface area (Å²) in [6, 6.07) is 59.7. The fourth-order valence-electron chi connectivity index (χ4n) is 11.8. The van der Waals surface area contributed by atoms with Gasteiger partial charge < -0.3 is 68.6 Å². The van der Waals surface area contributed by atoms with Crippen LogP contribution in [0.15, 0.2) is 222 Å². The van der Waals surface area contributed by atoms with Crippen LogP contribution in [0.25, 0.3) is 44.8 Å². The lowest BCUT2D eigenvalue weighted by Gasteiger charge is -2.19. The second kappa shape index (κ2) is 39.2. The fourth-order valence-corrected chi connectivity index (χ4v) is 12.5. The van der Waals surface area contributed by atoms with Crippen LogP contribution in [0.5, 0.6) is 46.3 Å². The third-order valence-electron chi connectivity index (χ3n) is 17.6. The number of amides is 1. The van der Waals surface area contributed by atoms with Gasteiger partial charge in [0.25, 0.3) is 11.7 Å². The molecule has 0 saturated heterocycles. The molecule has 2 unspecified atom stereocenters. The number of carbonyl (C=O) groups excluding carboxylic acids is 1. The van der Waals surface area contributed by atoms with Crippen molar-refractivity contribution in [2.75, 3.05) is 40.0 Å². The summed E-state index contributed by atoms with van der Waals surface area (Å²) >= 11 is 0. The molecule has 2 aliphatic rings. The number of carbonyl (C=O) groups is 3. The topological polar surface area (TPSA) is 378 Å². The minimum atomic E-state index is -4.65. The Morgan fingerprint density at radius 2 is 1.03 bits per heavy atom. The molecule has 5 heterocycles. The number of hydrogen-bond donors (Lipinski definition) is 9. The largest absolute Gasteiger partial charge is 0.744 e. The average Bonchev–Trinajstić information content (AvgIpc) is 1.78. The Bertz CT molecular complexity index is 4800. The highest BCUT2D eigenvalue weighted by Crippen LogP contribution is 2.40. The van der Waals surface area contributed by atoms with E-state index in [0.717, 1.165) is 80.9 Å². The quantitative estimate of drug-likeness (QED) is 0.00433. The molecule has 4 atom stereocenters. The van der Waals surface area contributed by atoms with Gasteiger partial charge in [-0.2, -0.15) is 5.43 Å². The van der Waals surface area contributed by atoms with E-state index >= 15 is 0 Å². The van der Waals surface area contributed by atoms with Crippen LogP contribution in [-0.2, 0) is 32.5 Å². The molecule has 0 bridgehead atoms. The molecule has 2 aliphatic heterocycles. The zero-order valence-corrected chi connectivity index (χ0v) is 60.2. The number of nitrogens with zero attached hydrogens (tertiary/aromatic N) is 4. The standard InChI is InChI=1S/C49H50N6O11S.C33H34N2O7/c56-46(14-5-2-8-24-64-47-29-38(27-40(54-47)34-10-3-1-4-11-34)35-17-21-42-43(28-35)66-32-65-42)53-41(49(58)59)26-33-15-19-39(20-16-33)63-25-9-23-50-48(57)37-18-22-45(51-30-37)55-52-31-36-12-6-7-13-44(36)67(60,61)62;36-26-13-10-22(11-14-26)17-28(33(38)39)34-31(37)9-5-2-6-16-40-32-20-25(18-27(35-32)23-7-3-1-4-8-23)24-12-15-29-30(19-24)42-21-41-29/h1,3-4,6-7,10-13,15-22,27-31,41,46,53,56H,2,5,8-9,14,23-26,32H2,(H,50,57)(H,51,55)(H,58,59)(H,60,61,62);1,3-4,7-8,10-15,18-20,28,31,34,36-37H,2,5-6,9,16-17,21H2,(H,38,39)/b52-31+;/t41?,46-;28?,31-/m11/s1. The van der Waals surface area contributed by atoms with E-state index in [1.165, 1.54) is 48.2 Å². The van der Waals surface area contributed by atoms with Crippen molar-refractivity contribution in [1.29, 1.82) is 0 Å². The van der Waals surface area contributed by atoms with E-state index in [1.807, 2.05) is 121 Å². The van der Waals surface area contributed by atoms with E-state index in [1.54, 1.807) is 54.6 Å². The number of benzene rings is 7. The second-order valence-electron chi connectivity index (χ2n) is 25.6. The molecule has 566 valence electrons. The van der Waals surface area contributed by atoms with Gasteiger partial charge in [-0.15, -0.1) is 0 Å². The molecule has 0 fully saturated rings. The molecule has 0 spiro atoms. The van der Waals surface area contributed by atoms with Crippen molar-refractivity contribution in [2.24, 2.45) is 5.10 Å². The number of hydrogen-bond acceptors (Lipinski definition) is 22. The van der Waals surface area contributed by atoms with Gasteiger partial charge in [0.15, 0.2) is 23.0 Å². The van der Waals surface area contributed by atoms with Crippen LogP contribution < -0.4 is 54.5 Å². The number of aliphatic carboxylic acids is 2. The number of quaternary nitrogens is 1. The highest BCUT2D eigenvalue weighted by molar-refractivity contribution is 7.85. The van der Waals surface area contributed by atoms with Gasteiger partial charge in [0.05, 0.1) is 47.9 Å². The van der Waals surface area contributed by atoms with Crippen LogP contribution in [0.4, 0.5) is 5.82 Å². The predicted octanol–water partition coefficient (Wildman–Crippen LogP) is 10.8. The van der Waals surface area contributed by atoms with Crippen molar-refractivity contribution in [3.63, 3.8) is 0 Å². The lowest BCUT2D eigenvalue weighted by Crippen LogP contribution is -2.71. The normalized spacial score (nSPS) is 13.2. The molecule has 10 aromatic rings. The van der Waals surface area contributed by atoms with Gasteiger partial charge in [0.2, 0.25) is 25.3 Å².